The highest BCUT2D eigenvalue weighted by atomic mass is 16.3. The van der Waals surface area contributed by atoms with Crippen molar-refractivity contribution in [1.29, 1.82) is 0 Å². The van der Waals surface area contributed by atoms with Gasteiger partial charge in [0.05, 0.1) is 6.61 Å². The Morgan fingerprint density at radius 3 is 1.79 bits per heavy atom. The number of rotatable bonds is 5. The van der Waals surface area contributed by atoms with Gasteiger partial charge in [0.15, 0.2) is 0 Å². The van der Waals surface area contributed by atoms with Crippen molar-refractivity contribution in [2.24, 2.45) is 0 Å². The van der Waals surface area contributed by atoms with Crippen LogP contribution in [0.15, 0.2) is 11.1 Å². The lowest BCUT2D eigenvalue weighted by Gasteiger charge is -2.15. The predicted octanol–water partition coefficient (Wildman–Crippen LogP) is 5.77. The largest absolute Gasteiger partial charge is 0.392 e. The second-order valence-electron chi connectivity index (χ2n) is 6.15. The molecule has 0 fully saturated rings. The van der Waals surface area contributed by atoms with E-state index in [1.54, 1.807) is 5.57 Å². The van der Waals surface area contributed by atoms with Crippen LogP contribution in [0, 0.1) is 0 Å². The number of aliphatic hydroxyl groups is 1. The Hall–Kier alpha value is -0.300. The highest BCUT2D eigenvalue weighted by Gasteiger charge is 2.07. The summed E-state index contributed by atoms with van der Waals surface area (Å²) in [5, 5.41) is 9.66. The van der Waals surface area contributed by atoms with Gasteiger partial charge in [-0.3, -0.25) is 0 Å². The summed E-state index contributed by atoms with van der Waals surface area (Å²) >= 11 is 0. The molecule has 19 heavy (non-hydrogen) atoms. The first-order valence-electron chi connectivity index (χ1n) is 8.69. The number of hydrogen-bond donors (Lipinski definition) is 1. The minimum absolute atomic E-state index is 0.307. The Morgan fingerprint density at radius 1 is 0.737 bits per heavy atom. The standard InChI is InChI=1S/C18H34O/c1-2-3-10-13-17-14-11-8-6-4-5-7-9-12-15-18(17)16-19/h19H,2-16H2,1H3. The summed E-state index contributed by atoms with van der Waals surface area (Å²) in [6.07, 6.45) is 18.6. The zero-order valence-corrected chi connectivity index (χ0v) is 13.1. The van der Waals surface area contributed by atoms with Gasteiger partial charge in [-0.1, -0.05) is 63.9 Å². The van der Waals surface area contributed by atoms with E-state index in [1.165, 1.54) is 89.0 Å². The minimum Gasteiger partial charge on any atom is -0.392 e. The summed E-state index contributed by atoms with van der Waals surface area (Å²) in [7, 11) is 0. The Bertz CT molecular complexity index is 242. The van der Waals surface area contributed by atoms with Gasteiger partial charge < -0.3 is 5.11 Å². The Labute approximate surface area is 120 Å². The molecule has 0 saturated heterocycles. The van der Waals surface area contributed by atoms with Gasteiger partial charge in [-0.05, 0) is 44.1 Å². The third kappa shape index (κ3) is 7.77. The fourth-order valence-corrected chi connectivity index (χ4v) is 3.17. The van der Waals surface area contributed by atoms with Gasteiger partial charge in [-0.2, -0.15) is 0 Å². The summed E-state index contributed by atoms with van der Waals surface area (Å²) in [5.41, 5.74) is 2.99. The van der Waals surface area contributed by atoms with Crippen LogP contribution in [0.5, 0.6) is 0 Å². The summed E-state index contributed by atoms with van der Waals surface area (Å²) in [6.45, 7) is 2.57. The van der Waals surface area contributed by atoms with Gasteiger partial charge in [0.1, 0.15) is 0 Å². The summed E-state index contributed by atoms with van der Waals surface area (Å²) in [5.74, 6) is 0. The minimum atomic E-state index is 0.307. The van der Waals surface area contributed by atoms with Crippen LogP contribution in [-0.4, -0.2) is 11.7 Å². The molecule has 0 saturated carbocycles. The Morgan fingerprint density at radius 2 is 1.26 bits per heavy atom. The predicted molar refractivity (Wildman–Crippen MR) is 84.4 cm³/mol. The molecule has 0 radical (unpaired) electrons. The second-order valence-corrected chi connectivity index (χ2v) is 6.15. The number of aliphatic hydroxyl groups excluding tert-OH is 1. The molecular weight excluding hydrogens is 232 g/mol. The van der Waals surface area contributed by atoms with Gasteiger partial charge in [0.25, 0.3) is 0 Å². The molecule has 1 rings (SSSR count). The van der Waals surface area contributed by atoms with E-state index in [1.807, 2.05) is 0 Å². The van der Waals surface area contributed by atoms with E-state index in [4.69, 9.17) is 0 Å². The van der Waals surface area contributed by atoms with E-state index < -0.39 is 0 Å². The molecule has 1 aliphatic carbocycles. The molecule has 0 heterocycles. The van der Waals surface area contributed by atoms with E-state index >= 15 is 0 Å². The third-order valence-electron chi connectivity index (χ3n) is 4.48. The molecule has 112 valence electrons. The van der Waals surface area contributed by atoms with Gasteiger partial charge in [-0.25, -0.2) is 0 Å². The second kappa shape index (κ2) is 11.5. The van der Waals surface area contributed by atoms with Crippen LogP contribution < -0.4 is 0 Å². The molecule has 0 unspecified atom stereocenters. The summed E-state index contributed by atoms with van der Waals surface area (Å²) in [6, 6.07) is 0. The average molecular weight is 266 g/mol. The van der Waals surface area contributed by atoms with Crippen molar-refractivity contribution in [3.8, 4) is 0 Å². The maximum absolute atomic E-state index is 9.66. The smallest absolute Gasteiger partial charge is 0.0644 e. The van der Waals surface area contributed by atoms with Crippen LogP contribution in [0.1, 0.15) is 96.8 Å². The molecular formula is C18H34O. The van der Waals surface area contributed by atoms with Crippen LogP contribution in [0.3, 0.4) is 0 Å². The SMILES string of the molecule is CCCCCC1=C(CO)CCCCCCCCCC1. The molecule has 1 N–H and O–H groups in total. The zero-order valence-electron chi connectivity index (χ0n) is 13.1. The molecule has 0 aliphatic heterocycles. The molecule has 0 aromatic heterocycles. The molecule has 0 bridgehead atoms. The lowest BCUT2D eigenvalue weighted by molar-refractivity contribution is 0.322. The van der Waals surface area contributed by atoms with E-state index in [9.17, 15) is 5.11 Å². The molecule has 0 aromatic carbocycles. The fraction of sp³-hybridized carbons (Fsp3) is 0.889. The number of allylic oxidation sites excluding steroid dienone is 1. The van der Waals surface area contributed by atoms with Crippen molar-refractivity contribution in [1.82, 2.24) is 0 Å². The van der Waals surface area contributed by atoms with Crippen LogP contribution in [0.4, 0.5) is 0 Å². The monoisotopic (exact) mass is 266 g/mol. The number of hydrogen-bond acceptors (Lipinski definition) is 1. The molecule has 1 aliphatic rings. The fourth-order valence-electron chi connectivity index (χ4n) is 3.17. The Kier molecular flexibility index (Phi) is 10.2. The molecule has 0 amide bonds. The normalized spacial score (nSPS) is 19.9. The summed E-state index contributed by atoms with van der Waals surface area (Å²) < 4.78 is 0. The lowest BCUT2D eigenvalue weighted by atomic mass is 9.92. The van der Waals surface area contributed by atoms with Crippen molar-refractivity contribution in [3.05, 3.63) is 11.1 Å². The van der Waals surface area contributed by atoms with Gasteiger partial charge in [0, 0.05) is 0 Å². The highest BCUT2D eigenvalue weighted by molar-refractivity contribution is 5.15. The third-order valence-corrected chi connectivity index (χ3v) is 4.48. The Balaban J connectivity index is 2.55. The quantitative estimate of drug-likeness (QED) is 0.494. The van der Waals surface area contributed by atoms with Gasteiger partial charge in [-0.15, -0.1) is 0 Å². The van der Waals surface area contributed by atoms with Crippen molar-refractivity contribution in [2.75, 3.05) is 6.61 Å². The first-order valence-corrected chi connectivity index (χ1v) is 8.69. The maximum atomic E-state index is 9.66. The average Bonchev–Trinajstić information content (AvgIpc) is 2.41. The van der Waals surface area contributed by atoms with Crippen LogP contribution in [-0.2, 0) is 0 Å². The highest BCUT2D eigenvalue weighted by Crippen LogP contribution is 2.25. The van der Waals surface area contributed by atoms with E-state index in [0.29, 0.717) is 6.61 Å². The first-order chi connectivity index (χ1) is 9.38. The van der Waals surface area contributed by atoms with Gasteiger partial charge >= 0.3 is 0 Å². The van der Waals surface area contributed by atoms with Crippen molar-refractivity contribution >= 4 is 0 Å². The van der Waals surface area contributed by atoms with Crippen molar-refractivity contribution < 1.29 is 5.11 Å². The lowest BCUT2D eigenvalue weighted by Crippen LogP contribution is -2.00. The zero-order chi connectivity index (χ0) is 13.8. The molecule has 0 atom stereocenters. The summed E-state index contributed by atoms with van der Waals surface area (Å²) in [4.78, 5) is 0. The molecule has 0 spiro atoms. The molecule has 1 heteroatoms. The number of unbranched alkanes of at least 4 members (excludes halogenated alkanes) is 2. The van der Waals surface area contributed by atoms with Crippen LogP contribution >= 0.6 is 0 Å². The van der Waals surface area contributed by atoms with Crippen molar-refractivity contribution in [2.45, 2.75) is 96.8 Å². The first kappa shape index (κ1) is 16.8. The molecule has 1 nitrogen and oxygen atoms in total. The molecule has 0 aromatic rings. The van der Waals surface area contributed by atoms with Crippen LogP contribution in [0.2, 0.25) is 0 Å². The van der Waals surface area contributed by atoms with E-state index in [0.717, 1.165) is 6.42 Å². The van der Waals surface area contributed by atoms with Crippen molar-refractivity contribution in [3.63, 3.8) is 0 Å². The maximum Gasteiger partial charge on any atom is 0.0644 e. The van der Waals surface area contributed by atoms with Crippen LogP contribution in [0.25, 0.3) is 0 Å². The topological polar surface area (TPSA) is 20.2 Å². The van der Waals surface area contributed by atoms with E-state index in [2.05, 4.69) is 6.92 Å². The van der Waals surface area contributed by atoms with E-state index in [-0.39, 0.29) is 0 Å². The van der Waals surface area contributed by atoms with Gasteiger partial charge in [0.2, 0.25) is 0 Å².